The van der Waals surface area contributed by atoms with Crippen molar-refractivity contribution in [3.8, 4) is 5.75 Å². The summed E-state index contributed by atoms with van der Waals surface area (Å²) in [4.78, 5) is 12.1. The van der Waals surface area contributed by atoms with E-state index in [2.05, 4.69) is 15.9 Å². The number of halogens is 1. The van der Waals surface area contributed by atoms with E-state index in [9.17, 15) is 4.79 Å². The summed E-state index contributed by atoms with van der Waals surface area (Å²) in [6.07, 6.45) is 0. The zero-order valence-electron chi connectivity index (χ0n) is 10.1. The maximum atomic E-state index is 10.8. The molecule has 0 aliphatic rings. The van der Waals surface area contributed by atoms with Crippen LogP contribution in [0.15, 0.2) is 39.0 Å². The molecule has 2 aromatic rings. The van der Waals surface area contributed by atoms with Crippen molar-refractivity contribution < 1.29 is 14.6 Å². The number of ether oxygens (including phenoxy) is 1. The third-order valence-electron chi connectivity index (χ3n) is 2.43. The van der Waals surface area contributed by atoms with Gasteiger partial charge in [0.25, 0.3) is 0 Å². The average Bonchev–Trinajstić information content (AvgIpc) is 2.87. The van der Waals surface area contributed by atoms with E-state index in [4.69, 9.17) is 9.84 Å². The van der Waals surface area contributed by atoms with E-state index in [-0.39, 0.29) is 0 Å². The van der Waals surface area contributed by atoms with Gasteiger partial charge in [-0.1, -0.05) is 15.9 Å². The van der Waals surface area contributed by atoms with Crippen LogP contribution in [0.4, 0.5) is 0 Å². The molecule has 1 aromatic carbocycles. The summed E-state index contributed by atoms with van der Waals surface area (Å²) in [5.41, 5.74) is 1.12. The molecule has 0 saturated heterocycles. The van der Waals surface area contributed by atoms with E-state index in [1.165, 1.54) is 11.3 Å². The average molecular weight is 359 g/mol. The largest absolute Gasteiger partial charge is 0.497 e. The quantitative estimate of drug-likeness (QED) is 0.798. The highest BCUT2D eigenvalue weighted by molar-refractivity contribution is 9.10. The Labute approximate surface area is 127 Å². The lowest BCUT2D eigenvalue weighted by Crippen LogP contribution is -1.90. The first-order chi connectivity index (χ1) is 9.10. The van der Waals surface area contributed by atoms with Gasteiger partial charge in [0.2, 0.25) is 0 Å². The van der Waals surface area contributed by atoms with Crippen LogP contribution in [0.1, 0.15) is 15.2 Å². The number of carboxylic acids is 1. The van der Waals surface area contributed by atoms with Crippen LogP contribution in [-0.4, -0.2) is 18.2 Å². The van der Waals surface area contributed by atoms with Crippen LogP contribution in [0, 0.1) is 0 Å². The Morgan fingerprint density at radius 3 is 2.89 bits per heavy atom. The number of hydrogen-bond acceptors (Lipinski definition) is 4. The Morgan fingerprint density at radius 2 is 2.26 bits per heavy atom. The SMILES string of the molecule is COc1ccc(Br)c(CSc2csc(C(=O)O)c2)c1. The Kier molecular flexibility index (Phi) is 4.90. The van der Waals surface area contributed by atoms with E-state index in [1.807, 2.05) is 23.6 Å². The predicted octanol–water partition coefficient (Wildman–Crippen LogP) is 4.51. The fourth-order valence-electron chi connectivity index (χ4n) is 1.46. The molecule has 0 unspecified atom stereocenters. The lowest BCUT2D eigenvalue weighted by atomic mass is 10.2. The molecule has 6 heteroatoms. The molecule has 3 nitrogen and oxygen atoms in total. The first kappa shape index (κ1) is 14.4. The monoisotopic (exact) mass is 358 g/mol. The van der Waals surface area contributed by atoms with Crippen molar-refractivity contribution in [1.82, 2.24) is 0 Å². The summed E-state index contributed by atoms with van der Waals surface area (Å²) in [5.74, 6) is 0.697. The van der Waals surface area contributed by atoms with Crippen LogP contribution in [-0.2, 0) is 5.75 Å². The highest BCUT2D eigenvalue weighted by atomic mass is 79.9. The van der Waals surface area contributed by atoms with Crippen molar-refractivity contribution in [2.75, 3.05) is 7.11 Å². The minimum Gasteiger partial charge on any atom is -0.497 e. The van der Waals surface area contributed by atoms with E-state index in [1.54, 1.807) is 24.9 Å². The van der Waals surface area contributed by atoms with Crippen molar-refractivity contribution in [2.45, 2.75) is 10.6 Å². The molecule has 1 aromatic heterocycles. The second-order valence-electron chi connectivity index (χ2n) is 3.70. The topological polar surface area (TPSA) is 46.5 Å². The third-order valence-corrected chi connectivity index (χ3v) is 5.30. The molecule has 0 aliphatic heterocycles. The number of thioether (sulfide) groups is 1. The molecule has 0 bridgehead atoms. The zero-order valence-corrected chi connectivity index (χ0v) is 13.3. The molecule has 0 radical (unpaired) electrons. The smallest absolute Gasteiger partial charge is 0.345 e. The maximum absolute atomic E-state index is 10.8. The highest BCUT2D eigenvalue weighted by Gasteiger charge is 2.08. The van der Waals surface area contributed by atoms with Crippen LogP contribution >= 0.6 is 39.0 Å². The molecule has 0 fully saturated rings. The van der Waals surface area contributed by atoms with E-state index < -0.39 is 5.97 Å². The molecule has 19 heavy (non-hydrogen) atoms. The van der Waals surface area contributed by atoms with Gasteiger partial charge in [0.1, 0.15) is 10.6 Å². The van der Waals surface area contributed by atoms with Gasteiger partial charge in [-0.25, -0.2) is 4.79 Å². The summed E-state index contributed by atoms with van der Waals surface area (Å²) < 4.78 is 6.21. The fourth-order valence-corrected chi connectivity index (χ4v) is 3.89. The number of hydrogen-bond donors (Lipinski definition) is 1. The standard InChI is InChI=1S/C13H11BrO3S2/c1-17-9-2-3-11(14)8(4-9)6-18-10-5-12(13(15)16)19-7-10/h2-5,7H,6H2,1H3,(H,15,16). The molecule has 1 N–H and O–H groups in total. The Morgan fingerprint density at radius 1 is 1.47 bits per heavy atom. The molecule has 1 heterocycles. The van der Waals surface area contributed by atoms with Gasteiger partial charge in [-0.2, -0.15) is 0 Å². The molecule has 0 spiro atoms. The first-order valence-electron chi connectivity index (χ1n) is 5.37. The van der Waals surface area contributed by atoms with Gasteiger partial charge in [-0.3, -0.25) is 0 Å². The predicted molar refractivity (Wildman–Crippen MR) is 81.5 cm³/mol. The number of benzene rings is 1. The zero-order chi connectivity index (χ0) is 13.8. The molecule has 0 saturated carbocycles. The van der Waals surface area contributed by atoms with Gasteiger partial charge in [0.15, 0.2) is 0 Å². The van der Waals surface area contributed by atoms with Crippen LogP contribution in [0.25, 0.3) is 0 Å². The number of carbonyl (C=O) groups is 1. The summed E-state index contributed by atoms with van der Waals surface area (Å²) >= 11 is 6.36. The van der Waals surface area contributed by atoms with Crippen molar-refractivity contribution >= 4 is 45.0 Å². The van der Waals surface area contributed by atoms with Gasteiger partial charge in [-0.05, 0) is 29.8 Å². The van der Waals surface area contributed by atoms with Crippen molar-refractivity contribution in [3.63, 3.8) is 0 Å². The summed E-state index contributed by atoms with van der Waals surface area (Å²) in [7, 11) is 1.64. The second-order valence-corrected chi connectivity index (χ2v) is 6.51. The number of methoxy groups -OCH3 is 1. The maximum Gasteiger partial charge on any atom is 0.345 e. The van der Waals surface area contributed by atoms with E-state index in [0.717, 1.165) is 26.4 Å². The molecule has 0 aliphatic carbocycles. The van der Waals surface area contributed by atoms with E-state index in [0.29, 0.717) is 4.88 Å². The molecule has 0 amide bonds. The number of aromatic carboxylic acids is 1. The van der Waals surface area contributed by atoms with E-state index >= 15 is 0 Å². The van der Waals surface area contributed by atoms with Crippen LogP contribution in [0.5, 0.6) is 5.75 Å². The fraction of sp³-hybridized carbons (Fsp3) is 0.154. The Balaban J connectivity index is 2.07. The number of carboxylic acid groups (broad SMARTS) is 1. The lowest BCUT2D eigenvalue weighted by molar-refractivity contribution is 0.0702. The van der Waals surface area contributed by atoms with Gasteiger partial charge < -0.3 is 9.84 Å². The normalized spacial score (nSPS) is 10.4. The summed E-state index contributed by atoms with van der Waals surface area (Å²) in [6, 6.07) is 7.52. The van der Waals surface area contributed by atoms with Crippen molar-refractivity contribution in [1.29, 1.82) is 0 Å². The number of rotatable bonds is 5. The van der Waals surface area contributed by atoms with Gasteiger partial charge in [-0.15, -0.1) is 23.1 Å². The van der Waals surface area contributed by atoms with Crippen LogP contribution < -0.4 is 4.74 Å². The van der Waals surface area contributed by atoms with Crippen LogP contribution in [0.2, 0.25) is 0 Å². The Hall–Kier alpha value is -0.980. The number of thiophene rings is 1. The molecule has 2 rings (SSSR count). The lowest BCUT2D eigenvalue weighted by Gasteiger charge is -2.06. The first-order valence-corrected chi connectivity index (χ1v) is 8.03. The van der Waals surface area contributed by atoms with Gasteiger partial charge >= 0.3 is 5.97 Å². The minimum absolute atomic E-state index is 0.368. The second kappa shape index (κ2) is 6.45. The van der Waals surface area contributed by atoms with Crippen molar-refractivity contribution in [2.24, 2.45) is 0 Å². The van der Waals surface area contributed by atoms with Crippen molar-refractivity contribution in [3.05, 3.63) is 44.6 Å². The van der Waals surface area contributed by atoms with Gasteiger partial charge in [0, 0.05) is 20.5 Å². The minimum atomic E-state index is -0.876. The molecular formula is C13H11BrO3S2. The molecule has 100 valence electrons. The molecular weight excluding hydrogens is 348 g/mol. The summed E-state index contributed by atoms with van der Waals surface area (Å²) in [6.45, 7) is 0. The molecule has 0 atom stereocenters. The van der Waals surface area contributed by atoms with Gasteiger partial charge in [0.05, 0.1) is 7.11 Å². The Bertz CT molecular complexity index is 595. The highest BCUT2D eigenvalue weighted by Crippen LogP contribution is 2.31. The third kappa shape index (κ3) is 3.75. The summed E-state index contributed by atoms with van der Waals surface area (Å²) in [5, 5.41) is 10.7. The van der Waals surface area contributed by atoms with Crippen LogP contribution in [0.3, 0.4) is 0 Å².